The molecule has 0 saturated heterocycles. The van der Waals surface area contributed by atoms with Crippen LogP contribution in [0.5, 0.6) is 11.5 Å². The van der Waals surface area contributed by atoms with E-state index in [9.17, 15) is 4.79 Å². The minimum Gasteiger partial charge on any atom is -0.483 e. The van der Waals surface area contributed by atoms with Crippen LogP contribution in [0, 0.1) is 18.8 Å². The Kier molecular flexibility index (Phi) is 4.89. The monoisotopic (exact) mass is 389 g/mol. The topological polar surface area (TPSA) is 64.9 Å². The molecule has 0 atom stereocenters. The largest absolute Gasteiger partial charge is 0.483 e. The van der Waals surface area contributed by atoms with Gasteiger partial charge in [-0.25, -0.2) is 4.98 Å². The Hall–Kier alpha value is -3.46. The van der Waals surface area contributed by atoms with Crippen LogP contribution in [0.15, 0.2) is 42.6 Å². The van der Waals surface area contributed by atoms with Gasteiger partial charge in [0.25, 0.3) is 5.91 Å². The highest BCUT2D eigenvalue weighted by atomic mass is 16.5. The molecule has 1 N–H and O–H groups in total. The molecule has 0 saturated carbocycles. The smallest absolute Gasteiger partial charge is 0.270 e. The van der Waals surface area contributed by atoms with Gasteiger partial charge in [-0.05, 0) is 39.0 Å². The standard InChI is InChI=1S/C23H23N3O3/c1-16-20(26-13-6-4-11-19(26)25-16)22(27)24-12-5-7-14-28-18-10-8-9-17-15-23(2,3)29-21(17)18/h4,6,8-11,13H,12,14-15H2,1-3H3,(H,24,27). The Bertz CT molecular complexity index is 1140. The number of aryl methyl sites for hydroxylation is 1. The first-order valence-electron chi connectivity index (χ1n) is 9.56. The second-order valence-corrected chi connectivity index (χ2v) is 7.58. The molecule has 1 aliphatic rings. The molecule has 1 aromatic carbocycles. The molecule has 29 heavy (non-hydrogen) atoms. The lowest BCUT2D eigenvalue weighted by Crippen LogP contribution is -2.25. The zero-order valence-electron chi connectivity index (χ0n) is 16.8. The molecule has 0 aliphatic carbocycles. The molecule has 6 nitrogen and oxygen atoms in total. The van der Waals surface area contributed by atoms with E-state index in [1.54, 1.807) is 4.40 Å². The fourth-order valence-corrected chi connectivity index (χ4v) is 3.52. The van der Waals surface area contributed by atoms with Crippen LogP contribution >= 0.6 is 0 Å². The van der Waals surface area contributed by atoms with Crippen molar-refractivity contribution in [3.05, 3.63) is 59.5 Å². The number of para-hydroxylation sites is 1. The summed E-state index contributed by atoms with van der Waals surface area (Å²) in [4.78, 5) is 16.9. The van der Waals surface area contributed by atoms with Crippen LogP contribution in [0.4, 0.5) is 0 Å². The molecular formula is C23H23N3O3. The summed E-state index contributed by atoms with van der Waals surface area (Å²) < 4.78 is 13.5. The van der Waals surface area contributed by atoms with Crippen LogP contribution in [0.25, 0.3) is 5.65 Å². The Labute approximate surface area is 169 Å². The van der Waals surface area contributed by atoms with E-state index >= 15 is 0 Å². The molecule has 3 heterocycles. The van der Waals surface area contributed by atoms with Gasteiger partial charge in [0.2, 0.25) is 0 Å². The van der Waals surface area contributed by atoms with Crippen molar-refractivity contribution >= 4 is 11.6 Å². The van der Waals surface area contributed by atoms with Gasteiger partial charge in [-0.15, -0.1) is 0 Å². The second-order valence-electron chi connectivity index (χ2n) is 7.58. The van der Waals surface area contributed by atoms with Crippen LogP contribution in [0.2, 0.25) is 0 Å². The quantitative estimate of drug-likeness (QED) is 0.696. The predicted molar refractivity (Wildman–Crippen MR) is 110 cm³/mol. The van der Waals surface area contributed by atoms with E-state index in [4.69, 9.17) is 9.47 Å². The van der Waals surface area contributed by atoms with Crippen LogP contribution in [0.3, 0.4) is 0 Å². The van der Waals surface area contributed by atoms with Gasteiger partial charge in [-0.2, -0.15) is 0 Å². The Morgan fingerprint density at radius 2 is 2.14 bits per heavy atom. The predicted octanol–water partition coefficient (Wildman–Crippen LogP) is 3.17. The maximum Gasteiger partial charge on any atom is 0.270 e. The van der Waals surface area contributed by atoms with Crippen LogP contribution in [0.1, 0.15) is 35.6 Å². The number of aromatic nitrogens is 2. The summed E-state index contributed by atoms with van der Waals surface area (Å²) in [6, 6.07) is 11.5. The maximum atomic E-state index is 12.5. The molecule has 0 radical (unpaired) electrons. The summed E-state index contributed by atoms with van der Waals surface area (Å²) in [6.45, 7) is 6.40. The van der Waals surface area contributed by atoms with Gasteiger partial charge >= 0.3 is 0 Å². The third-order valence-corrected chi connectivity index (χ3v) is 4.74. The highest BCUT2D eigenvalue weighted by molar-refractivity contribution is 5.94. The highest BCUT2D eigenvalue weighted by Gasteiger charge is 2.32. The van der Waals surface area contributed by atoms with Crippen LogP contribution in [-0.2, 0) is 6.42 Å². The fraction of sp³-hybridized carbons (Fsp3) is 0.304. The Balaban J connectivity index is 1.33. The molecule has 1 amide bonds. The molecule has 0 spiro atoms. The van der Waals surface area contributed by atoms with Crippen molar-refractivity contribution in [1.29, 1.82) is 0 Å². The van der Waals surface area contributed by atoms with Crippen molar-refractivity contribution in [2.75, 3.05) is 13.2 Å². The van der Waals surface area contributed by atoms with Gasteiger partial charge in [-0.3, -0.25) is 9.20 Å². The average Bonchev–Trinajstić information content (AvgIpc) is 3.18. The van der Waals surface area contributed by atoms with E-state index in [0.717, 1.165) is 23.4 Å². The number of pyridine rings is 1. The van der Waals surface area contributed by atoms with Gasteiger partial charge in [0.05, 0.1) is 12.2 Å². The molecule has 2 aromatic heterocycles. The average molecular weight is 389 g/mol. The number of carbonyl (C=O) groups is 1. The Morgan fingerprint density at radius 1 is 1.28 bits per heavy atom. The van der Waals surface area contributed by atoms with Gasteiger partial charge in [-0.1, -0.05) is 30.0 Å². The van der Waals surface area contributed by atoms with Crippen LogP contribution < -0.4 is 14.8 Å². The summed E-state index contributed by atoms with van der Waals surface area (Å²) in [5.41, 5.74) is 2.89. The number of hydrogen-bond donors (Lipinski definition) is 1. The van der Waals surface area contributed by atoms with Gasteiger partial charge in [0, 0.05) is 18.2 Å². The number of ether oxygens (including phenoxy) is 2. The number of nitrogens with zero attached hydrogens (tertiary/aromatic N) is 2. The molecule has 4 rings (SSSR count). The van der Waals surface area contributed by atoms with E-state index in [-0.39, 0.29) is 24.7 Å². The summed E-state index contributed by atoms with van der Waals surface area (Å²) in [5, 5.41) is 2.82. The van der Waals surface area contributed by atoms with Gasteiger partial charge in [0.15, 0.2) is 11.5 Å². The number of nitrogens with one attached hydrogen (secondary N) is 1. The number of hydrogen-bond acceptors (Lipinski definition) is 4. The number of benzene rings is 1. The summed E-state index contributed by atoms with van der Waals surface area (Å²) in [7, 11) is 0. The zero-order chi connectivity index (χ0) is 20.4. The van der Waals surface area contributed by atoms with Crippen LogP contribution in [-0.4, -0.2) is 34.0 Å². The first kappa shape index (κ1) is 18.9. The normalized spacial score (nSPS) is 13.9. The lowest BCUT2D eigenvalue weighted by Gasteiger charge is -2.17. The molecule has 1 aliphatic heterocycles. The fourth-order valence-electron chi connectivity index (χ4n) is 3.52. The number of rotatable bonds is 4. The molecule has 3 aromatic rings. The summed E-state index contributed by atoms with van der Waals surface area (Å²) in [6.07, 6.45) is 2.69. The maximum absolute atomic E-state index is 12.5. The minimum atomic E-state index is -0.215. The van der Waals surface area contributed by atoms with Crippen molar-refractivity contribution in [1.82, 2.24) is 14.7 Å². The molecular weight excluding hydrogens is 366 g/mol. The van der Waals surface area contributed by atoms with Crippen molar-refractivity contribution in [2.24, 2.45) is 0 Å². The summed E-state index contributed by atoms with van der Waals surface area (Å²) in [5.74, 6) is 7.16. The molecule has 0 unspecified atom stereocenters. The first-order valence-corrected chi connectivity index (χ1v) is 9.56. The number of fused-ring (bicyclic) bond motifs is 2. The van der Waals surface area contributed by atoms with E-state index in [1.807, 2.05) is 43.5 Å². The molecule has 6 heteroatoms. The van der Waals surface area contributed by atoms with Crippen molar-refractivity contribution < 1.29 is 14.3 Å². The summed E-state index contributed by atoms with van der Waals surface area (Å²) >= 11 is 0. The first-order chi connectivity index (χ1) is 13.9. The van der Waals surface area contributed by atoms with E-state index in [0.29, 0.717) is 17.1 Å². The third-order valence-electron chi connectivity index (χ3n) is 4.74. The lowest BCUT2D eigenvalue weighted by atomic mass is 10.0. The van der Waals surface area contributed by atoms with E-state index in [1.165, 1.54) is 0 Å². The molecule has 0 fully saturated rings. The Morgan fingerprint density at radius 3 is 3.00 bits per heavy atom. The number of imidazole rings is 1. The van der Waals surface area contributed by atoms with E-state index < -0.39 is 0 Å². The number of carbonyl (C=O) groups excluding carboxylic acids is 1. The van der Waals surface area contributed by atoms with Crippen molar-refractivity contribution in [3.8, 4) is 23.3 Å². The second kappa shape index (κ2) is 7.51. The van der Waals surface area contributed by atoms with Gasteiger partial charge < -0.3 is 14.8 Å². The van der Waals surface area contributed by atoms with Gasteiger partial charge in [0.1, 0.15) is 23.5 Å². The molecule has 148 valence electrons. The number of amides is 1. The SMILES string of the molecule is Cc1nc2ccccn2c1C(=O)NCC#CCOc1cccc2c1OC(C)(C)C2. The zero-order valence-corrected chi connectivity index (χ0v) is 16.8. The third kappa shape index (κ3) is 3.90. The lowest BCUT2D eigenvalue weighted by molar-refractivity contribution is 0.0952. The van der Waals surface area contributed by atoms with Crippen molar-refractivity contribution in [2.45, 2.75) is 32.8 Å². The van der Waals surface area contributed by atoms with E-state index in [2.05, 4.69) is 42.1 Å². The molecule has 0 bridgehead atoms. The van der Waals surface area contributed by atoms with Crippen molar-refractivity contribution in [3.63, 3.8) is 0 Å². The minimum absolute atomic E-state index is 0.201. The highest BCUT2D eigenvalue weighted by Crippen LogP contribution is 2.41.